The first-order valence-corrected chi connectivity index (χ1v) is 11.6. The number of likely N-dealkylation sites (tertiary alicyclic amines) is 1. The summed E-state index contributed by atoms with van der Waals surface area (Å²) in [5.74, 6) is 1.63. The molecule has 0 unspecified atom stereocenters. The van der Waals surface area contributed by atoms with E-state index in [2.05, 4.69) is 0 Å². The number of methoxy groups -OCH3 is 1. The van der Waals surface area contributed by atoms with Crippen LogP contribution in [0.1, 0.15) is 24.5 Å². The van der Waals surface area contributed by atoms with Gasteiger partial charge >= 0.3 is 6.09 Å². The van der Waals surface area contributed by atoms with Gasteiger partial charge in [-0.25, -0.2) is 4.79 Å². The van der Waals surface area contributed by atoms with Gasteiger partial charge in [-0.3, -0.25) is 10.1 Å². The van der Waals surface area contributed by atoms with Gasteiger partial charge in [0.1, 0.15) is 12.4 Å². The van der Waals surface area contributed by atoms with Gasteiger partial charge in [-0.15, -0.1) is 0 Å². The Balaban J connectivity index is 1.60. The number of carbonyl (C=O) groups is 1. The molecule has 1 aliphatic heterocycles. The molecule has 1 amide bonds. The van der Waals surface area contributed by atoms with Crippen molar-refractivity contribution in [2.24, 2.45) is 0 Å². The number of nitro groups is 1. The van der Waals surface area contributed by atoms with Gasteiger partial charge < -0.3 is 19.5 Å². The smallest absolute Gasteiger partial charge is 0.410 e. The second-order valence-corrected chi connectivity index (χ2v) is 9.17. The van der Waals surface area contributed by atoms with Crippen LogP contribution in [0.2, 0.25) is 0 Å². The Kier molecular flexibility index (Phi) is 8.73. The lowest BCUT2D eigenvalue weighted by Gasteiger charge is -2.22. The van der Waals surface area contributed by atoms with Gasteiger partial charge in [0.15, 0.2) is 0 Å². The van der Waals surface area contributed by atoms with Gasteiger partial charge in [0, 0.05) is 29.7 Å². The summed E-state index contributed by atoms with van der Waals surface area (Å²) in [4.78, 5) is 24.9. The first-order valence-electron chi connectivity index (χ1n) is 10.6. The topological polar surface area (TPSA) is 102 Å². The maximum absolute atomic E-state index is 12.8. The van der Waals surface area contributed by atoms with E-state index in [4.69, 9.17) is 9.47 Å². The number of ether oxygens (including phenoxy) is 2. The Hall–Kier alpha value is -3.04. The van der Waals surface area contributed by atoms with Crippen LogP contribution in [0.25, 0.3) is 0 Å². The lowest BCUT2D eigenvalue weighted by Crippen LogP contribution is -2.35. The van der Waals surface area contributed by atoms with Crippen LogP contribution < -0.4 is 4.74 Å². The highest BCUT2D eigenvalue weighted by molar-refractivity contribution is 7.99. The number of aliphatic hydroxyl groups excluding tert-OH is 1. The van der Waals surface area contributed by atoms with E-state index in [0.29, 0.717) is 12.1 Å². The van der Waals surface area contributed by atoms with E-state index in [-0.39, 0.29) is 30.2 Å². The Labute approximate surface area is 197 Å². The Morgan fingerprint density at radius 3 is 2.48 bits per heavy atom. The lowest BCUT2D eigenvalue weighted by atomic mass is 10.1. The molecular weight excluding hydrogens is 444 g/mol. The first kappa shape index (κ1) is 24.6. The van der Waals surface area contributed by atoms with Crippen molar-refractivity contribution < 1.29 is 24.3 Å². The fraction of sp³-hybridized carbons (Fsp3) is 0.375. The van der Waals surface area contributed by atoms with Crippen molar-refractivity contribution in [2.45, 2.75) is 37.0 Å². The maximum Gasteiger partial charge on any atom is 0.410 e. The minimum atomic E-state index is -0.468. The van der Waals surface area contributed by atoms with Crippen molar-refractivity contribution in [1.29, 1.82) is 0 Å². The zero-order valence-corrected chi connectivity index (χ0v) is 19.5. The molecule has 176 valence electrons. The third-order valence-corrected chi connectivity index (χ3v) is 6.73. The number of non-ortho nitro benzene ring substituents is 1. The molecule has 0 aliphatic carbocycles. The highest BCUT2D eigenvalue weighted by atomic mass is 32.2. The van der Waals surface area contributed by atoms with Gasteiger partial charge in [-0.1, -0.05) is 23.8 Å². The molecule has 1 saturated heterocycles. The average Bonchev–Trinajstić information content (AvgIpc) is 3.24. The molecule has 2 atom stereocenters. The molecule has 1 N–H and O–H groups in total. The van der Waals surface area contributed by atoms with Crippen molar-refractivity contribution in [2.75, 3.05) is 20.3 Å². The summed E-state index contributed by atoms with van der Waals surface area (Å²) in [5, 5.41) is 20.4. The third-order valence-electron chi connectivity index (χ3n) is 5.42. The summed E-state index contributed by atoms with van der Waals surface area (Å²) < 4.78 is 10.7. The summed E-state index contributed by atoms with van der Waals surface area (Å²) in [6, 6.07) is 13.7. The number of thioether (sulfide) groups is 1. The SMILES string of the molecule is COc1ccc(CS[C@H]2C[C@@H](/C=C(/C)CO)N(C(=O)OCc3ccc([N+](=O)[O-])cc3)C2)cc1. The van der Waals surface area contributed by atoms with Crippen LogP contribution >= 0.6 is 11.8 Å². The molecule has 9 heteroatoms. The zero-order chi connectivity index (χ0) is 23.8. The summed E-state index contributed by atoms with van der Waals surface area (Å²) in [7, 11) is 1.64. The van der Waals surface area contributed by atoms with Crippen molar-refractivity contribution in [3.05, 3.63) is 81.4 Å². The largest absolute Gasteiger partial charge is 0.497 e. The van der Waals surface area contributed by atoms with Gasteiger partial charge in [0.2, 0.25) is 0 Å². The number of benzene rings is 2. The normalized spacial score (nSPS) is 18.3. The molecule has 2 aromatic carbocycles. The third kappa shape index (κ3) is 6.97. The molecule has 1 aliphatic rings. The molecule has 0 spiro atoms. The molecule has 1 fully saturated rings. The molecule has 0 radical (unpaired) electrons. The maximum atomic E-state index is 12.8. The molecular formula is C24H28N2O6S. The molecule has 2 aromatic rings. The van der Waals surface area contributed by atoms with Gasteiger partial charge in [-0.05, 0) is 48.7 Å². The summed E-state index contributed by atoms with van der Waals surface area (Å²) in [5.41, 5.74) is 2.65. The Morgan fingerprint density at radius 1 is 1.21 bits per heavy atom. The van der Waals surface area contributed by atoms with Crippen LogP contribution in [-0.2, 0) is 17.1 Å². The van der Waals surface area contributed by atoms with E-state index in [1.807, 2.05) is 37.3 Å². The van der Waals surface area contributed by atoms with Crippen molar-refractivity contribution in [3.63, 3.8) is 0 Å². The molecule has 33 heavy (non-hydrogen) atoms. The number of rotatable bonds is 9. The number of carbonyl (C=O) groups excluding carboxylic acids is 1. The fourth-order valence-corrected chi connectivity index (χ4v) is 4.79. The predicted octanol–water partition coefficient (Wildman–Crippen LogP) is 4.55. The van der Waals surface area contributed by atoms with Crippen LogP contribution in [-0.4, -0.2) is 52.6 Å². The standard InChI is InChI=1S/C24H28N2O6S/c1-17(14-27)11-21-12-23(33-16-19-5-9-22(31-2)10-6-19)13-25(21)24(28)32-15-18-3-7-20(8-4-18)26(29)30/h3-11,21,23,27H,12-16H2,1-2H3/b17-11-/t21-,23+/m1/s1. The van der Waals surface area contributed by atoms with Crippen LogP contribution in [0.15, 0.2) is 60.2 Å². The molecule has 3 rings (SSSR count). The fourth-order valence-electron chi connectivity index (χ4n) is 3.57. The van der Waals surface area contributed by atoms with Gasteiger partial charge in [0.05, 0.1) is 24.7 Å². The molecule has 0 bridgehead atoms. The second kappa shape index (κ2) is 11.7. The molecule has 0 saturated carbocycles. The second-order valence-electron chi connectivity index (χ2n) is 7.89. The van der Waals surface area contributed by atoms with E-state index in [9.17, 15) is 20.0 Å². The van der Waals surface area contributed by atoms with Crippen LogP contribution in [0.5, 0.6) is 5.75 Å². The number of hydrogen-bond donors (Lipinski definition) is 1. The number of aliphatic hydroxyl groups is 1. The highest BCUT2D eigenvalue weighted by Crippen LogP contribution is 2.32. The van der Waals surface area contributed by atoms with E-state index in [1.165, 1.54) is 17.7 Å². The Morgan fingerprint density at radius 2 is 1.88 bits per heavy atom. The molecule has 8 nitrogen and oxygen atoms in total. The summed E-state index contributed by atoms with van der Waals surface area (Å²) in [6.07, 6.45) is 2.25. The highest BCUT2D eigenvalue weighted by Gasteiger charge is 2.35. The quantitative estimate of drug-likeness (QED) is 0.324. The first-order chi connectivity index (χ1) is 15.9. The van der Waals surface area contributed by atoms with Gasteiger partial charge in [-0.2, -0.15) is 11.8 Å². The minimum absolute atomic E-state index is 0.00831. The van der Waals surface area contributed by atoms with Crippen molar-refractivity contribution in [3.8, 4) is 5.75 Å². The van der Waals surface area contributed by atoms with E-state index in [1.54, 1.807) is 35.9 Å². The van der Waals surface area contributed by atoms with Crippen molar-refractivity contribution in [1.82, 2.24) is 4.90 Å². The van der Waals surface area contributed by atoms with E-state index < -0.39 is 11.0 Å². The van der Waals surface area contributed by atoms with Gasteiger partial charge in [0.25, 0.3) is 5.69 Å². The Bertz CT molecular complexity index is 977. The predicted molar refractivity (Wildman–Crippen MR) is 127 cm³/mol. The van der Waals surface area contributed by atoms with Crippen LogP contribution in [0.4, 0.5) is 10.5 Å². The van der Waals surface area contributed by atoms with Crippen LogP contribution in [0, 0.1) is 10.1 Å². The minimum Gasteiger partial charge on any atom is -0.497 e. The molecule has 0 aromatic heterocycles. The number of nitrogens with zero attached hydrogens (tertiary/aromatic N) is 2. The number of amides is 1. The van der Waals surface area contributed by atoms with Crippen molar-refractivity contribution >= 4 is 23.5 Å². The van der Waals surface area contributed by atoms with Crippen LogP contribution in [0.3, 0.4) is 0 Å². The molecule has 1 heterocycles. The number of hydrogen-bond acceptors (Lipinski definition) is 7. The lowest BCUT2D eigenvalue weighted by molar-refractivity contribution is -0.384. The van der Waals surface area contributed by atoms with E-state index >= 15 is 0 Å². The monoisotopic (exact) mass is 472 g/mol. The van der Waals surface area contributed by atoms with E-state index in [0.717, 1.165) is 23.5 Å². The number of nitro benzene ring substituents is 1. The average molecular weight is 473 g/mol. The zero-order valence-electron chi connectivity index (χ0n) is 18.7. The summed E-state index contributed by atoms with van der Waals surface area (Å²) >= 11 is 1.78. The summed E-state index contributed by atoms with van der Waals surface area (Å²) in [6.45, 7) is 2.34.